The SMILES string of the molecule is CN(Cc1nc2ccccc2[nH]1)C(=O)CCC1CCCCC1. The summed E-state index contributed by atoms with van der Waals surface area (Å²) in [6, 6.07) is 7.96. The van der Waals surface area contributed by atoms with Crippen molar-refractivity contribution in [3.05, 3.63) is 30.1 Å². The van der Waals surface area contributed by atoms with Crippen molar-refractivity contribution < 1.29 is 4.79 Å². The van der Waals surface area contributed by atoms with E-state index in [0.29, 0.717) is 13.0 Å². The number of fused-ring (bicyclic) bond motifs is 1. The second-order valence-corrected chi connectivity index (χ2v) is 6.49. The molecule has 1 aromatic heterocycles. The molecule has 0 radical (unpaired) electrons. The Morgan fingerprint density at radius 1 is 1.27 bits per heavy atom. The molecular weight excluding hydrogens is 274 g/mol. The van der Waals surface area contributed by atoms with Crippen LogP contribution in [0.1, 0.15) is 50.8 Å². The summed E-state index contributed by atoms with van der Waals surface area (Å²) in [5.74, 6) is 1.85. The molecule has 1 heterocycles. The van der Waals surface area contributed by atoms with Gasteiger partial charge in [-0.05, 0) is 24.5 Å². The highest BCUT2D eigenvalue weighted by Gasteiger charge is 2.17. The maximum absolute atomic E-state index is 12.3. The van der Waals surface area contributed by atoms with Crippen molar-refractivity contribution in [3.8, 4) is 0 Å². The van der Waals surface area contributed by atoms with Gasteiger partial charge in [-0.25, -0.2) is 4.98 Å². The van der Waals surface area contributed by atoms with Crippen LogP contribution >= 0.6 is 0 Å². The quantitative estimate of drug-likeness (QED) is 0.910. The zero-order valence-corrected chi connectivity index (χ0v) is 13.3. The number of aromatic nitrogens is 2. The molecule has 1 fully saturated rings. The molecule has 4 heteroatoms. The number of hydrogen-bond acceptors (Lipinski definition) is 2. The Labute approximate surface area is 131 Å². The fourth-order valence-electron chi connectivity index (χ4n) is 3.39. The number of benzene rings is 1. The first kappa shape index (κ1) is 15.1. The molecule has 118 valence electrons. The fraction of sp³-hybridized carbons (Fsp3) is 0.556. The van der Waals surface area contributed by atoms with Crippen LogP contribution in [0.4, 0.5) is 0 Å². The molecule has 0 saturated heterocycles. The number of aromatic amines is 1. The minimum Gasteiger partial charge on any atom is -0.340 e. The van der Waals surface area contributed by atoms with E-state index < -0.39 is 0 Å². The molecule has 1 aliphatic carbocycles. The van der Waals surface area contributed by atoms with Gasteiger partial charge in [0.2, 0.25) is 5.91 Å². The van der Waals surface area contributed by atoms with Crippen molar-refractivity contribution in [2.24, 2.45) is 5.92 Å². The van der Waals surface area contributed by atoms with E-state index in [2.05, 4.69) is 9.97 Å². The van der Waals surface area contributed by atoms with Gasteiger partial charge in [0.05, 0.1) is 17.6 Å². The molecule has 0 unspecified atom stereocenters. The average Bonchev–Trinajstić information content (AvgIpc) is 2.95. The summed E-state index contributed by atoms with van der Waals surface area (Å²) in [6.07, 6.45) is 8.38. The second kappa shape index (κ2) is 6.95. The van der Waals surface area contributed by atoms with E-state index in [1.54, 1.807) is 4.90 Å². The van der Waals surface area contributed by atoms with Gasteiger partial charge in [-0.1, -0.05) is 44.2 Å². The molecule has 1 aromatic carbocycles. The van der Waals surface area contributed by atoms with Crippen molar-refractivity contribution in [3.63, 3.8) is 0 Å². The first-order valence-electron chi connectivity index (χ1n) is 8.40. The predicted molar refractivity (Wildman–Crippen MR) is 88.4 cm³/mol. The number of imidazole rings is 1. The lowest BCUT2D eigenvalue weighted by Crippen LogP contribution is -2.27. The maximum atomic E-state index is 12.3. The van der Waals surface area contributed by atoms with Crippen molar-refractivity contribution in [1.82, 2.24) is 14.9 Å². The molecule has 0 bridgehead atoms. The van der Waals surface area contributed by atoms with Crippen LogP contribution in [0.5, 0.6) is 0 Å². The molecular formula is C18H25N3O. The average molecular weight is 299 g/mol. The van der Waals surface area contributed by atoms with Gasteiger partial charge in [-0.3, -0.25) is 4.79 Å². The molecule has 1 N–H and O–H groups in total. The molecule has 4 nitrogen and oxygen atoms in total. The van der Waals surface area contributed by atoms with Crippen LogP contribution in [-0.4, -0.2) is 27.8 Å². The largest absolute Gasteiger partial charge is 0.340 e. The summed E-state index contributed by atoms with van der Waals surface area (Å²) in [5.41, 5.74) is 1.99. The van der Waals surface area contributed by atoms with E-state index in [0.717, 1.165) is 29.2 Å². The zero-order chi connectivity index (χ0) is 15.4. The molecule has 1 saturated carbocycles. The Morgan fingerprint density at radius 2 is 2.05 bits per heavy atom. The van der Waals surface area contributed by atoms with Crippen LogP contribution < -0.4 is 0 Å². The van der Waals surface area contributed by atoms with Gasteiger partial charge in [-0.2, -0.15) is 0 Å². The lowest BCUT2D eigenvalue weighted by atomic mass is 9.86. The molecule has 0 aliphatic heterocycles. The van der Waals surface area contributed by atoms with Crippen molar-refractivity contribution in [1.29, 1.82) is 0 Å². The van der Waals surface area contributed by atoms with Crippen LogP contribution in [-0.2, 0) is 11.3 Å². The second-order valence-electron chi connectivity index (χ2n) is 6.49. The highest BCUT2D eigenvalue weighted by molar-refractivity contribution is 5.76. The number of carbonyl (C=O) groups excluding carboxylic acids is 1. The van der Waals surface area contributed by atoms with E-state index in [4.69, 9.17) is 0 Å². The lowest BCUT2D eigenvalue weighted by Gasteiger charge is -2.22. The van der Waals surface area contributed by atoms with Crippen LogP contribution in [0.25, 0.3) is 11.0 Å². The van der Waals surface area contributed by atoms with Crippen LogP contribution in [0.2, 0.25) is 0 Å². The summed E-state index contributed by atoms with van der Waals surface area (Å²) >= 11 is 0. The number of carbonyl (C=O) groups is 1. The summed E-state index contributed by atoms with van der Waals surface area (Å²) in [4.78, 5) is 21.9. The van der Waals surface area contributed by atoms with Gasteiger partial charge in [-0.15, -0.1) is 0 Å². The summed E-state index contributed by atoms with van der Waals surface area (Å²) < 4.78 is 0. The summed E-state index contributed by atoms with van der Waals surface area (Å²) in [7, 11) is 1.87. The minimum absolute atomic E-state index is 0.228. The van der Waals surface area contributed by atoms with E-state index in [9.17, 15) is 4.79 Å². The number of H-pyrrole nitrogens is 1. The Morgan fingerprint density at radius 3 is 2.82 bits per heavy atom. The van der Waals surface area contributed by atoms with Gasteiger partial charge in [0.1, 0.15) is 5.82 Å². The van der Waals surface area contributed by atoms with E-state index in [1.165, 1.54) is 32.1 Å². The van der Waals surface area contributed by atoms with Crippen molar-refractivity contribution in [2.75, 3.05) is 7.05 Å². The molecule has 1 amide bonds. The molecule has 0 atom stereocenters. The lowest BCUT2D eigenvalue weighted by molar-refractivity contribution is -0.130. The Bertz CT molecular complexity index is 595. The van der Waals surface area contributed by atoms with E-state index in [-0.39, 0.29) is 5.91 Å². The minimum atomic E-state index is 0.228. The number of hydrogen-bond donors (Lipinski definition) is 1. The molecule has 2 aromatic rings. The third-order valence-corrected chi connectivity index (χ3v) is 4.74. The molecule has 22 heavy (non-hydrogen) atoms. The number of nitrogens with zero attached hydrogens (tertiary/aromatic N) is 2. The van der Waals surface area contributed by atoms with Crippen LogP contribution in [0, 0.1) is 5.92 Å². The molecule has 0 spiro atoms. The van der Waals surface area contributed by atoms with Gasteiger partial charge >= 0.3 is 0 Å². The van der Waals surface area contributed by atoms with Crippen LogP contribution in [0.15, 0.2) is 24.3 Å². The monoisotopic (exact) mass is 299 g/mol. The Balaban J connectivity index is 1.51. The normalized spacial score (nSPS) is 16.0. The van der Waals surface area contributed by atoms with Gasteiger partial charge in [0, 0.05) is 13.5 Å². The Kier molecular flexibility index (Phi) is 4.76. The summed E-state index contributed by atoms with van der Waals surface area (Å²) in [6.45, 7) is 0.554. The first-order chi connectivity index (χ1) is 10.7. The fourth-order valence-corrected chi connectivity index (χ4v) is 3.39. The third-order valence-electron chi connectivity index (χ3n) is 4.74. The van der Waals surface area contributed by atoms with Crippen molar-refractivity contribution in [2.45, 2.75) is 51.5 Å². The highest BCUT2D eigenvalue weighted by atomic mass is 16.2. The van der Waals surface area contributed by atoms with E-state index >= 15 is 0 Å². The summed E-state index contributed by atoms with van der Waals surface area (Å²) in [5, 5.41) is 0. The predicted octanol–water partition coefficient (Wildman–Crippen LogP) is 3.88. The van der Waals surface area contributed by atoms with Gasteiger partial charge in [0.25, 0.3) is 0 Å². The third kappa shape index (κ3) is 3.67. The standard InChI is InChI=1S/C18H25N3O/c1-21(18(22)12-11-14-7-3-2-4-8-14)13-17-19-15-9-5-6-10-16(15)20-17/h5-6,9-10,14H,2-4,7-8,11-13H2,1H3,(H,19,20). The van der Waals surface area contributed by atoms with E-state index in [1.807, 2.05) is 31.3 Å². The number of amides is 1. The Hall–Kier alpha value is -1.84. The van der Waals surface area contributed by atoms with Gasteiger partial charge < -0.3 is 9.88 Å². The van der Waals surface area contributed by atoms with Gasteiger partial charge in [0.15, 0.2) is 0 Å². The number of rotatable bonds is 5. The smallest absolute Gasteiger partial charge is 0.222 e. The maximum Gasteiger partial charge on any atom is 0.222 e. The molecule has 3 rings (SSSR count). The number of para-hydroxylation sites is 2. The molecule has 1 aliphatic rings. The van der Waals surface area contributed by atoms with Crippen molar-refractivity contribution >= 4 is 16.9 Å². The zero-order valence-electron chi connectivity index (χ0n) is 13.3. The number of nitrogens with one attached hydrogen (secondary N) is 1. The van der Waals surface area contributed by atoms with Crippen LogP contribution in [0.3, 0.4) is 0 Å². The first-order valence-corrected chi connectivity index (χ1v) is 8.40. The highest BCUT2D eigenvalue weighted by Crippen LogP contribution is 2.27. The topological polar surface area (TPSA) is 49.0 Å².